The van der Waals surface area contributed by atoms with E-state index in [9.17, 15) is 4.39 Å². The molecular weight excluding hydrogens is 167 g/mol. The minimum absolute atomic E-state index is 0.178. The molecular formula is C11H15FO. The van der Waals surface area contributed by atoms with Crippen LogP contribution in [0.5, 0.6) is 0 Å². The first kappa shape index (κ1) is 10.2. The van der Waals surface area contributed by atoms with E-state index in [1.807, 2.05) is 13.8 Å². The molecule has 0 aliphatic heterocycles. The Bertz CT molecular complexity index is 271. The lowest BCUT2D eigenvalue weighted by Crippen LogP contribution is -1.97. The summed E-state index contributed by atoms with van der Waals surface area (Å²) < 4.78 is 12.9. The summed E-state index contributed by atoms with van der Waals surface area (Å²) in [6.07, 6.45) is 1.57. The monoisotopic (exact) mass is 182 g/mol. The van der Waals surface area contributed by atoms with E-state index in [2.05, 4.69) is 0 Å². The highest BCUT2D eigenvalue weighted by molar-refractivity contribution is 5.34. The standard InChI is InChI=1S/C11H15FO/c1-8-6-10(12)7-9(2)11(8)4-3-5-13/h6-7,13H,3-5H2,1-2H3. The quantitative estimate of drug-likeness (QED) is 0.760. The van der Waals surface area contributed by atoms with Gasteiger partial charge in [0.05, 0.1) is 0 Å². The molecule has 0 unspecified atom stereocenters. The lowest BCUT2D eigenvalue weighted by atomic mass is 9.98. The minimum Gasteiger partial charge on any atom is -0.396 e. The van der Waals surface area contributed by atoms with Gasteiger partial charge in [-0.3, -0.25) is 0 Å². The summed E-state index contributed by atoms with van der Waals surface area (Å²) >= 11 is 0. The number of rotatable bonds is 3. The van der Waals surface area contributed by atoms with Gasteiger partial charge in [-0.05, 0) is 55.5 Å². The summed E-state index contributed by atoms with van der Waals surface area (Å²) in [5.74, 6) is -0.178. The normalized spacial score (nSPS) is 10.5. The van der Waals surface area contributed by atoms with Crippen molar-refractivity contribution in [1.29, 1.82) is 0 Å². The van der Waals surface area contributed by atoms with Gasteiger partial charge in [-0.25, -0.2) is 4.39 Å². The highest BCUT2D eigenvalue weighted by atomic mass is 19.1. The Morgan fingerprint density at radius 1 is 1.23 bits per heavy atom. The fraction of sp³-hybridized carbons (Fsp3) is 0.455. The van der Waals surface area contributed by atoms with Crippen LogP contribution in [-0.4, -0.2) is 11.7 Å². The van der Waals surface area contributed by atoms with Crippen LogP contribution in [0.4, 0.5) is 4.39 Å². The van der Waals surface area contributed by atoms with Crippen LogP contribution in [0, 0.1) is 19.7 Å². The molecule has 0 fully saturated rings. The van der Waals surface area contributed by atoms with Gasteiger partial charge in [-0.15, -0.1) is 0 Å². The summed E-state index contributed by atoms with van der Waals surface area (Å²) in [5.41, 5.74) is 3.12. The number of aliphatic hydroxyl groups excluding tert-OH is 1. The highest BCUT2D eigenvalue weighted by Crippen LogP contribution is 2.17. The Kier molecular flexibility index (Phi) is 3.43. The van der Waals surface area contributed by atoms with Crippen LogP contribution in [0.1, 0.15) is 23.1 Å². The smallest absolute Gasteiger partial charge is 0.123 e. The number of hydrogen-bond acceptors (Lipinski definition) is 1. The molecule has 0 aromatic heterocycles. The number of hydrogen-bond donors (Lipinski definition) is 1. The van der Waals surface area contributed by atoms with Gasteiger partial charge >= 0.3 is 0 Å². The molecule has 1 nitrogen and oxygen atoms in total. The second-order valence-corrected chi connectivity index (χ2v) is 3.35. The van der Waals surface area contributed by atoms with Crippen molar-refractivity contribution in [3.63, 3.8) is 0 Å². The first-order valence-electron chi connectivity index (χ1n) is 4.51. The van der Waals surface area contributed by atoms with Crippen LogP contribution < -0.4 is 0 Å². The van der Waals surface area contributed by atoms with E-state index in [0.29, 0.717) is 0 Å². The Labute approximate surface area is 78.2 Å². The fourth-order valence-corrected chi connectivity index (χ4v) is 1.59. The molecule has 1 aromatic rings. The molecule has 0 radical (unpaired) electrons. The van der Waals surface area contributed by atoms with Gasteiger partial charge in [0, 0.05) is 6.61 Å². The summed E-state index contributed by atoms with van der Waals surface area (Å²) in [5, 5.41) is 8.69. The summed E-state index contributed by atoms with van der Waals surface area (Å²) in [4.78, 5) is 0. The van der Waals surface area contributed by atoms with Gasteiger partial charge in [0.15, 0.2) is 0 Å². The summed E-state index contributed by atoms with van der Waals surface area (Å²) in [6.45, 7) is 4.00. The SMILES string of the molecule is Cc1cc(F)cc(C)c1CCCO. The van der Waals surface area contributed by atoms with Gasteiger partial charge in [0.25, 0.3) is 0 Å². The van der Waals surface area contributed by atoms with E-state index in [0.717, 1.165) is 29.5 Å². The van der Waals surface area contributed by atoms with Crippen molar-refractivity contribution in [2.75, 3.05) is 6.61 Å². The van der Waals surface area contributed by atoms with Crippen LogP contribution in [0.2, 0.25) is 0 Å². The third-order valence-corrected chi connectivity index (χ3v) is 2.25. The van der Waals surface area contributed by atoms with E-state index in [4.69, 9.17) is 5.11 Å². The molecule has 0 saturated carbocycles. The molecule has 1 aromatic carbocycles. The van der Waals surface area contributed by atoms with E-state index in [1.54, 1.807) is 12.1 Å². The average molecular weight is 182 g/mol. The van der Waals surface area contributed by atoms with Crippen LogP contribution in [0.15, 0.2) is 12.1 Å². The zero-order valence-corrected chi connectivity index (χ0v) is 8.10. The highest BCUT2D eigenvalue weighted by Gasteiger charge is 2.04. The number of aryl methyl sites for hydroxylation is 2. The Morgan fingerprint density at radius 2 is 1.77 bits per heavy atom. The molecule has 0 saturated heterocycles. The molecule has 0 atom stereocenters. The third kappa shape index (κ3) is 2.52. The van der Waals surface area contributed by atoms with E-state index < -0.39 is 0 Å². The first-order chi connectivity index (χ1) is 6.15. The van der Waals surface area contributed by atoms with Crippen LogP contribution in [0.3, 0.4) is 0 Å². The van der Waals surface area contributed by atoms with Gasteiger partial charge in [-0.2, -0.15) is 0 Å². The Morgan fingerprint density at radius 3 is 2.23 bits per heavy atom. The van der Waals surface area contributed by atoms with Crippen molar-refractivity contribution in [3.8, 4) is 0 Å². The second kappa shape index (κ2) is 4.38. The molecule has 1 rings (SSSR count). The van der Waals surface area contributed by atoms with Gasteiger partial charge in [-0.1, -0.05) is 0 Å². The van der Waals surface area contributed by atoms with Crippen molar-refractivity contribution in [3.05, 3.63) is 34.6 Å². The molecule has 2 heteroatoms. The zero-order chi connectivity index (χ0) is 9.84. The van der Waals surface area contributed by atoms with Crippen LogP contribution in [-0.2, 0) is 6.42 Å². The predicted octanol–water partition coefficient (Wildman–Crippen LogP) is 2.37. The van der Waals surface area contributed by atoms with E-state index >= 15 is 0 Å². The molecule has 0 aliphatic carbocycles. The predicted molar refractivity (Wildman–Crippen MR) is 51.3 cm³/mol. The topological polar surface area (TPSA) is 20.2 Å². The van der Waals surface area contributed by atoms with Crippen LogP contribution in [0.25, 0.3) is 0 Å². The maximum Gasteiger partial charge on any atom is 0.123 e. The van der Waals surface area contributed by atoms with Gasteiger partial charge in [0.1, 0.15) is 5.82 Å². The van der Waals surface area contributed by atoms with Crippen molar-refractivity contribution in [2.45, 2.75) is 26.7 Å². The lowest BCUT2D eigenvalue weighted by molar-refractivity contribution is 0.288. The molecule has 72 valence electrons. The summed E-state index contributed by atoms with van der Waals surface area (Å²) in [6, 6.07) is 3.08. The fourth-order valence-electron chi connectivity index (χ4n) is 1.59. The molecule has 0 spiro atoms. The minimum atomic E-state index is -0.178. The Hall–Kier alpha value is -0.890. The first-order valence-corrected chi connectivity index (χ1v) is 4.51. The maximum atomic E-state index is 12.9. The average Bonchev–Trinajstić information content (AvgIpc) is 2.02. The molecule has 0 aliphatic rings. The second-order valence-electron chi connectivity index (χ2n) is 3.35. The summed E-state index contributed by atoms with van der Waals surface area (Å²) in [7, 11) is 0. The molecule has 13 heavy (non-hydrogen) atoms. The number of aliphatic hydroxyl groups is 1. The zero-order valence-electron chi connectivity index (χ0n) is 8.10. The van der Waals surface area contributed by atoms with E-state index in [-0.39, 0.29) is 12.4 Å². The third-order valence-electron chi connectivity index (χ3n) is 2.25. The van der Waals surface area contributed by atoms with Gasteiger partial charge in [0.2, 0.25) is 0 Å². The van der Waals surface area contributed by atoms with Crippen molar-refractivity contribution in [1.82, 2.24) is 0 Å². The van der Waals surface area contributed by atoms with Gasteiger partial charge < -0.3 is 5.11 Å². The van der Waals surface area contributed by atoms with E-state index in [1.165, 1.54) is 0 Å². The van der Waals surface area contributed by atoms with Crippen molar-refractivity contribution in [2.24, 2.45) is 0 Å². The number of benzene rings is 1. The molecule has 0 bridgehead atoms. The molecule has 0 amide bonds. The number of halogens is 1. The largest absolute Gasteiger partial charge is 0.396 e. The Balaban J connectivity index is 2.92. The molecule has 0 heterocycles. The van der Waals surface area contributed by atoms with Crippen LogP contribution >= 0.6 is 0 Å². The lowest BCUT2D eigenvalue weighted by Gasteiger charge is -2.08. The van der Waals surface area contributed by atoms with Crippen molar-refractivity contribution < 1.29 is 9.50 Å². The van der Waals surface area contributed by atoms with Crippen molar-refractivity contribution >= 4 is 0 Å². The maximum absolute atomic E-state index is 12.9. The molecule has 1 N–H and O–H groups in total.